The second-order valence-electron chi connectivity index (χ2n) is 6.61. The van der Waals surface area contributed by atoms with Gasteiger partial charge in [0.05, 0.1) is 0 Å². The van der Waals surface area contributed by atoms with Crippen molar-refractivity contribution in [1.82, 2.24) is 5.43 Å². The summed E-state index contributed by atoms with van der Waals surface area (Å²) in [5.74, 6) is 9.82. The number of hydrazine groups is 1. The van der Waals surface area contributed by atoms with Crippen molar-refractivity contribution in [3.63, 3.8) is 0 Å². The molecule has 2 aliphatic rings. The summed E-state index contributed by atoms with van der Waals surface area (Å²) >= 11 is 1.94. The molecular formula is C17H26N2S. The lowest BCUT2D eigenvalue weighted by Crippen LogP contribution is -2.39. The van der Waals surface area contributed by atoms with Gasteiger partial charge in [0.1, 0.15) is 0 Å². The van der Waals surface area contributed by atoms with Crippen molar-refractivity contribution in [3.05, 3.63) is 29.8 Å². The lowest BCUT2D eigenvalue weighted by molar-refractivity contribution is 0.287. The molecule has 20 heavy (non-hydrogen) atoms. The van der Waals surface area contributed by atoms with Crippen molar-refractivity contribution in [2.45, 2.75) is 50.0 Å². The number of aryl methyl sites for hydroxylation is 1. The van der Waals surface area contributed by atoms with Gasteiger partial charge in [-0.2, -0.15) is 0 Å². The van der Waals surface area contributed by atoms with Crippen LogP contribution in [-0.4, -0.2) is 11.8 Å². The zero-order chi connectivity index (χ0) is 13.9. The van der Waals surface area contributed by atoms with Crippen LogP contribution in [0, 0.1) is 24.7 Å². The number of benzene rings is 1. The van der Waals surface area contributed by atoms with Crippen LogP contribution in [0.5, 0.6) is 0 Å². The van der Waals surface area contributed by atoms with Gasteiger partial charge in [-0.25, -0.2) is 0 Å². The van der Waals surface area contributed by atoms with Crippen molar-refractivity contribution in [2.75, 3.05) is 5.75 Å². The number of thioether (sulfide) groups is 1. The quantitative estimate of drug-likeness (QED) is 0.476. The van der Waals surface area contributed by atoms with Gasteiger partial charge in [0.25, 0.3) is 0 Å². The van der Waals surface area contributed by atoms with Gasteiger partial charge in [-0.3, -0.25) is 11.3 Å². The molecule has 2 aliphatic carbocycles. The summed E-state index contributed by atoms with van der Waals surface area (Å²) in [6, 6.07) is 9.07. The highest BCUT2D eigenvalue weighted by Gasteiger charge is 2.39. The van der Waals surface area contributed by atoms with Crippen LogP contribution in [0.2, 0.25) is 0 Å². The van der Waals surface area contributed by atoms with Crippen molar-refractivity contribution in [2.24, 2.45) is 23.6 Å². The first kappa shape index (κ1) is 14.4. The van der Waals surface area contributed by atoms with Gasteiger partial charge >= 0.3 is 0 Å². The molecule has 2 nitrogen and oxygen atoms in total. The maximum atomic E-state index is 5.79. The molecule has 4 atom stereocenters. The van der Waals surface area contributed by atoms with Crippen LogP contribution >= 0.6 is 11.8 Å². The SMILES string of the molecule is Cc1ccccc1SCC(CC1CC2CCC1C2)NN. The summed E-state index contributed by atoms with van der Waals surface area (Å²) in [4.78, 5) is 1.39. The molecule has 1 aromatic rings. The van der Waals surface area contributed by atoms with E-state index in [1.807, 2.05) is 11.8 Å². The molecule has 0 spiro atoms. The van der Waals surface area contributed by atoms with Crippen LogP contribution in [0.1, 0.15) is 37.7 Å². The van der Waals surface area contributed by atoms with Crippen molar-refractivity contribution < 1.29 is 0 Å². The summed E-state index contributed by atoms with van der Waals surface area (Å²) in [6.07, 6.45) is 7.17. The largest absolute Gasteiger partial charge is 0.271 e. The second kappa shape index (κ2) is 6.50. The highest BCUT2D eigenvalue weighted by molar-refractivity contribution is 7.99. The lowest BCUT2D eigenvalue weighted by atomic mass is 9.84. The van der Waals surface area contributed by atoms with Crippen LogP contribution in [0.3, 0.4) is 0 Å². The van der Waals surface area contributed by atoms with Crippen LogP contribution in [0.15, 0.2) is 29.2 Å². The summed E-state index contributed by atoms with van der Waals surface area (Å²) in [7, 11) is 0. The predicted molar refractivity (Wildman–Crippen MR) is 86.6 cm³/mol. The molecule has 0 radical (unpaired) electrons. The van der Waals surface area contributed by atoms with Crippen molar-refractivity contribution in [1.29, 1.82) is 0 Å². The highest BCUT2D eigenvalue weighted by Crippen LogP contribution is 2.50. The van der Waals surface area contributed by atoms with Crippen LogP contribution < -0.4 is 11.3 Å². The molecule has 3 rings (SSSR count). The van der Waals surface area contributed by atoms with Gasteiger partial charge in [0.15, 0.2) is 0 Å². The predicted octanol–water partition coefficient (Wildman–Crippen LogP) is 3.75. The third-order valence-corrected chi connectivity index (χ3v) is 6.58. The molecule has 0 saturated heterocycles. The summed E-state index contributed by atoms with van der Waals surface area (Å²) in [5.41, 5.74) is 4.43. The minimum atomic E-state index is 0.448. The Kier molecular flexibility index (Phi) is 4.69. The van der Waals surface area contributed by atoms with E-state index < -0.39 is 0 Å². The van der Waals surface area contributed by atoms with Crippen molar-refractivity contribution >= 4 is 11.8 Å². The number of nitrogens with one attached hydrogen (secondary N) is 1. The Hall–Kier alpha value is -0.510. The standard InChI is InChI=1S/C17H26N2S/c1-12-4-2-3-5-17(12)20-11-16(19-18)10-15-9-13-6-7-14(15)8-13/h2-5,13-16,19H,6-11,18H2,1H3. The van der Waals surface area contributed by atoms with Gasteiger partial charge in [0, 0.05) is 16.7 Å². The zero-order valence-electron chi connectivity index (χ0n) is 12.3. The first-order valence-electron chi connectivity index (χ1n) is 7.91. The Morgan fingerprint density at radius 2 is 2.15 bits per heavy atom. The van der Waals surface area contributed by atoms with Crippen molar-refractivity contribution in [3.8, 4) is 0 Å². The van der Waals surface area contributed by atoms with Crippen LogP contribution in [-0.2, 0) is 0 Å². The van der Waals surface area contributed by atoms with Crippen LogP contribution in [0.4, 0.5) is 0 Å². The van der Waals surface area contributed by atoms with Crippen LogP contribution in [0.25, 0.3) is 0 Å². The molecule has 0 aliphatic heterocycles. The summed E-state index contributed by atoms with van der Waals surface area (Å²) in [5, 5.41) is 0. The maximum absolute atomic E-state index is 5.79. The average molecular weight is 290 g/mol. The summed E-state index contributed by atoms with van der Waals surface area (Å²) in [6.45, 7) is 2.18. The van der Waals surface area contributed by atoms with E-state index in [2.05, 4.69) is 36.6 Å². The van der Waals surface area contributed by atoms with E-state index in [-0.39, 0.29) is 0 Å². The van der Waals surface area contributed by atoms with Gasteiger partial charge in [0.2, 0.25) is 0 Å². The highest BCUT2D eigenvalue weighted by atomic mass is 32.2. The molecule has 0 heterocycles. The molecule has 2 bridgehead atoms. The molecule has 2 saturated carbocycles. The number of hydrogen-bond acceptors (Lipinski definition) is 3. The molecule has 110 valence electrons. The second-order valence-corrected chi connectivity index (χ2v) is 7.67. The Balaban J connectivity index is 1.51. The van der Waals surface area contributed by atoms with E-state index in [1.165, 1.54) is 42.6 Å². The maximum Gasteiger partial charge on any atom is 0.0307 e. The lowest BCUT2D eigenvalue weighted by Gasteiger charge is -2.26. The summed E-state index contributed by atoms with van der Waals surface area (Å²) < 4.78 is 0. The molecule has 2 fully saturated rings. The topological polar surface area (TPSA) is 38.0 Å². The van der Waals surface area contributed by atoms with E-state index in [4.69, 9.17) is 5.84 Å². The Labute approximate surface area is 126 Å². The third-order valence-electron chi connectivity index (χ3n) is 5.24. The molecule has 3 N–H and O–H groups in total. The van der Waals surface area contributed by atoms with Gasteiger partial charge in [-0.05, 0) is 62.0 Å². The first-order chi connectivity index (χ1) is 9.76. The average Bonchev–Trinajstić information content (AvgIpc) is 3.07. The van der Waals surface area contributed by atoms with Gasteiger partial charge in [-0.15, -0.1) is 11.8 Å². The monoisotopic (exact) mass is 290 g/mol. The molecule has 3 heteroatoms. The number of fused-ring (bicyclic) bond motifs is 2. The molecule has 4 unspecified atom stereocenters. The Bertz CT molecular complexity index is 448. The Morgan fingerprint density at radius 1 is 1.30 bits per heavy atom. The fourth-order valence-electron chi connectivity index (χ4n) is 4.12. The fraction of sp³-hybridized carbons (Fsp3) is 0.647. The first-order valence-corrected chi connectivity index (χ1v) is 8.89. The van der Waals surface area contributed by atoms with E-state index in [1.54, 1.807) is 0 Å². The number of hydrogen-bond donors (Lipinski definition) is 2. The van der Waals surface area contributed by atoms with Gasteiger partial charge < -0.3 is 0 Å². The molecule has 1 aromatic carbocycles. The van der Waals surface area contributed by atoms with E-state index in [9.17, 15) is 0 Å². The zero-order valence-corrected chi connectivity index (χ0v) is 13.2. The molecule has 0 amide bonds. The number of rotatable bonds is 6. The van der Waals surface area contributed by atoms with E-state index in [0.717, 1.165) is 23.5 Å². The van der Waals surface area contributed by atoms with E-state index >= 15 is 0 Å². The minimum absolute atomic E-state index is 0.448. The Morgan fingerprint density at radius 3 is 2.80 bits per heavy atom. The number of nitrogens with two attached hydrogens (primary N) is 1. The molecule has 0 aromatic heterocycles. The van der Waals surface area contributed by atoms with E-state index in [0.29, 0.717) is 6.04 Å². The fourth-order valence-corrected chi connectivity index (χ4v) is 5.21. The molecular weight excluding hydrogens is 264 g/mol. The third kappa shape index (κ3) is 3.21. The normalized spacial score (nSPS) is 29.8. The smallest absolute Gasteiger partial charge is 0.0307 e. The minimum Gasteiger partial charge on any atom is -0.271 e. The van der Waals surface area contributed by atoms with Gasteiger partial charge in [-0.1, -0.05) is 24.6 Å².